The third-order valence-electron chi connectivity index (χ3n) is 6.13. The number of H-pyrrole nitrogens is 1. The number of aromatic nitrogens is 1. The Morgan fingerprint density at radius 3 is 2.08 bits per heavy atom. The number of aliphatic hydroxyl groups excluding tert-OH is 1. The first-order valence-electron chi connectivity index (χ1n) is 12.5. The highest BCUT2D eigenvalue weighted by Gasteiger charge is 2.33. The van der Waals surface area contributed by atoms with Gasteiger partial charge in [-0.15, -0.1) is 0 Å². The third-order valence-corrected chi connectivity index (χ3v) is 6.13. The molecular weight excluding hydrogens is 526 g/mol. The highest BCUT2D eigenvalue weighted by Crippen LogP contribution is 2.19. The molecule has 0 bridgehead atoms. The van der Waals surface area contributed by atoms with Gasteiger partial charge in [-0.05, 0) is 31.4 Å². The Labute approximate surface area is 229 Å². The number of amides is 5. The molecule has 0 aliphatic rings. The molecule has 218 valence electrons. The summed E-state index contributed by atoms with van der Waals surface area (Å²) in [7, 11) is 0. The fourth-order valence-corrected chi connectivity index (χ4v) is 3.90. The first-order chi connectivity index (χ1) is 18.8. The maximum Gasteiger partial charge on any atom is 0.326 e. The summed E-state index contributed by atoms with van der Waals surface area (Å²) in [5.41, 5.74) is 17.4. The van der Waals surface area contributed by atoms with Gasteiger partial charge >= 0.3 is 5.97 Å². The van der Waals surface area contributed by atoms with Crippen LogP contribution in [0.15, 0.2) is 30.5 Å². The molecule has 1 aromatic carbocycles. The second-order valence-electron chi connectivity index (χ2n) is 9.37. The monoisotopic (exact) mass is 561 g/mol. The Bertz CT molecular complexity index is 1240. The number of carboxylic acids is 1. The van der Waals surface area contributed by atoms with E-state index in [1.54, 1.807) is 18.3 Å². The van der Waals surface area contributed by atoms with Crippen LogP contribution in [0.4, 0.5) is 0 Å². The molecule has 2 rings (SSSR count). The van der Waals surface area contributed by atoms with Crippen molar-refractivity contribution in [3.05, 3.63) is 36.0 Å². The Balaban J connectivity index is 2.15. The molecule has 0 saturated heterocycles. The quantitative estimate of drug-likeness (QED) is 0.104. The maximum absolute atomic E-state index is 13.0. The Kier molecular flexibility index (Phi) is 11.6. The summed E-state index contributed by atoms with van der Waals surface area (Å²) in [6, 6.07) is 1.58. The van der Waals surface area contributed by atoms with Crippen LogP contribution in [0.2, 0.25) is 0 Å². The predicted octanol–water partition coefficient (Wildman–Crippen LogP) is -2.51. The van der Waals surface area contributed by atoms with E-state index < -0.39 is 65.8 Å². The molecular formula is C25H35N7O8. The minimum Gasteiger partial charge on any atom is -0.480 e. The minimum atomic E-state index is -1.62. The Hall–Kier alpha value is -4.50. The van der Waals surface area contributed by atoms with Crippen LogP contribution in [0, 0.1) is 0 Å². The molecule has 0 spiro atoms. The van der Waals surface area contributed by atoms with Crippen molar-refractivity contribution in [2.75, 3.05) is 0 Å². The average Bonchev–Trinajstić information content (AvgIpc) is 3.29. The summed E-state index contributed by atoms with van der Waals surface area (Å²) >= 11 is 0. The standard InChI is InChI=1S/C25H35N7O8/c1-12(33)21(24(38)31-18(25(39)40)10-13-11-29-16-5-3-2-4-14(13)16)32-23(37)17(7-9-20(28)35)30-22(36)15(26)6-8-19(27)34/h2-5,11-12,15,17-18,21,29,33H,6-10,26H2,1H3,(H2,27,34)(H2,28,35)(H,30,36)(H,31,38)(H,32,37)(H,39,40). The largest absolute Gasteiger partial charge is 0.480 e. The van der Waals surface area contributed by atoms with E-state index in [2.05, 4.69) is 20.9 Å². The van der Waals surface area contributed by atoms with E-state index in [0.29, 0.717) is 5.56 Å². The highest BCUT2D eigenvalue weighted by molar-refractivity contribution is 5.95. The molecule has 2 aromatic rings. The molecule has 0 saturated carbocycles. The van der Waals surface area contributed by atoms with Crippen LogP contribution in [0.25, 0.3) is 10.9 Å². The van der Waals surface area contributed by atoms with Gasteiger partial charge in [-0.3, -0.25) is 24.0 Å². The number of carbonyl (C=O) groups excluding carboxylic acids is 5. The van der Waals surface area contributed by atoms with E-state index in [4.69, 9.17) is 17.2 Å². The van der Waals surface area contributed by atoms with Crippen molar-refractivity contribution < 1.29 is 39.0 Å². The second kappa shape index (κ2) is 14.6. The highest BCUT2D eigenvalue weighted by atomic mass is 16.4. The molecule has 5 amide bonds. The summed E-state index contributed by atoms with van der Waals surface area (Å²) in [6.07, 6.45) is -0.796. The van der Waals surface area contributed by atoms with Gasteiger partial charge in [0.1, 0.15) is 18.1 Å². The van der Waals surface area contributed by atoms with E-state index in [-0.39, 0.29) is 32.1 Å². The molecule has 15 heteroatoms. The zero-order valence-electron chi connectivity index (χ0n) is 21.9. The van der Waals surface area contributed by atoms with Gasteiger partial charge in [-0.25, -0.2) is 4.79 Å². The molecule has 1 heterocycles. The number of carboxylic acid groups (broad SMARTS) is 1. The number of rotatable bonds is 16. The fraction of sp³-hybridized carbons (Fsp3) is 0.440. The van der Waals surface area contributed by atoms with Crippen molar-refractivity contribution in [1.82, 2.24) is 20.9 Å². The lowest BCUT2D eigenvalue weighted by atomic mass is 10.0. The molecule has 0 aliphatic heterocycles. The number of primary amides is 2. The van der Waals surface area contributed by atoms with Crippen LogP contribution in [-0.4, -0.2) is 81.0 Å². The number of aromatic amines is 1. The van der Waals surface area contributed by atoms with E-state index in [0.717, 1.165) is 10.9 Å². The molecule has 15 nitrogen and oxygen atoms in total. The van der Waals surface area contributed by atoms with Gasteiger partial charge in [0.05, 0.1) is 12.1 Å². The number of aliphatic hydroxyl groups is 1. The van der Waals surface area contributed by atoms with Gasteiger partial charge in [0.15, 0.2) is 0 Å². The summed E-state index contributed by atoms with van der Waals surface area (Å²) < 4.78 is 0. The number of carbonyl (C=O) groups is 6. The Morgan fingerprint density at radius 2 is 1.48 bits per heavy atom. The molecule has 0 fully saturated rings. The topological polar surface area (TPSA) is 273 Å². The van der Waals surface area contributed by atoms with Gasteiger partial charge < -0.3 is 48.3 Å². The molecule has 0 radical (unpaired) electrons. The smallest absolute Gasteiger partial charge is 0.326 e. The number of fused-ring (bicyclic) bond motifs is 1. The van der Waals surface area contributed by atoms with Crippen LogP contribution in [0.5, 0.6) is 0 Å². The van der Waals surface area contributed by atoms with Crippen LogP contribution >= 0.6 is 0 Å². The fourth-order valence-electron chi connectivity index (χ4n) is 3.90. The van der Waals surface area contributed by atoms with Crippen molar-refractivity contribution in [1.29, 1.82) is 0 Å². The van der Waals surface area contributed by atoms with Crippen LogP contribution in [0.3, 0.4) is 0 Å². The first kappa shape index (κ1) is 31.7. The van der Waals surface area contributed by atoms with Crippen molar-refractivity contribution >= 4 is 46.4 Å². The van der Waals surface area contributed by atoms with Gasteiger partial charge in [-0.1, -0.05) is 18.2 Å². The average molecular weight is 562 g/mol. The molecule has 5 unspecified atom stereocenters. The first-order valence-corrected chi connectivity index (χ1v) is 12.5. The summed E-state index contributed by atoms with van der Waals surface area (Å²) in [6.45, 7) is 1.21. The van der Waals surface area contributed by atoms with Gasteiger partial charge in [-0.2, -0.15) is 0 Å². The van der Waals surface area contributed by atoms with Crippen LogP contribution in [-0.2, 0) is 35.2 Å². The van der Waals surface area contributed by atoms with Gasteiger partial charge in [0.2, 0.25) is 29.5 Å². The number of benzene rings is 1. The molecule has 1 aromatic heterocycles. The summed E-state index contributed by atoms with van der Waals surface area (Å²) in [4.78, 5) is 75.7. The van der Waals surface area contributed by atoms with Gasteiger partial charge in [0, 0.05) is 36.4 Å². The zero-order valence-corrected chi connectivity index (χ0v) is 21.9. The second-order valence-corrected chi connectivity index (χ2v) is 9.37. The normalized spacial score (nSPS) is 14.8. The lowest BCUT2D eigenvalue weighted by Gasteiger charge is -2.26. The SMILES string of the molecule is CC(O)C(NC(=O)C(CCC(N)=O)NC(=O)C(N)CCC(N)=O)C(=O)NC(Cc1c[nH]c2ccccc12)C(=O)O. The number of hydrogen-bond donors (Lipinski definition) is 9. The van der Waals surface area contributed by atoms with Crippen LogP contribution in [0.1, 0.15) is 38.2 Å². The van der Waals surface area contributed by atoms with Crippen molar-refractivity contribution in [3.63, 3.8) is 0 Å². The number of aliphatic carboxylic acids is 1. The summed E-state index contributed by atoms with van der Waals surface area (Å²) in [5.74, 6) is -5.56. The molecule has 5 atom stereocenters. The molecule has 40 heavy (non-hydrogen) atoms. The Morgan fingerprint density at radius 1 is 0.875 bits per heavy atom. The maximum atomic E-state index is 13.0. The lowest BCUT2D eigenvalue weighted by molar-refractivity contribution is -0.143. The van der Waals surface area contributed by atoms with Crippen molar-refractivity contribution in [2.45, 2.75) is 69.3 Å². The zero-order chi connectivity index (χ0) is 30.0. The van der Waals surface area contributed by atoms with Gasteiger partial charge in [0.25, 0.3) is 0 Å². The van der Waals surface area contributed by atoms with E-state index in [9.17, 15) is 39.0 Å². The minimum absolute atomic E-state index is 0.0912. The number of hydrogen-bond acceptors (Lipinski definition) is 8. The van der Waals surface area contributed by atoms with E-state index >= 15 is 0 Å². The van der Waals surface area contributed by atoms with Crippen LogP contribution < -0.4 is 33.2 Å². The summed E-state index contributed by atoms with van der Waals surface area (Å²) in [5, 5.41) is 27.7. The third kappa shape index (κ3) is 9.36. The van der Waals surface area contributed by atoms with E-state index in [1.165, 1.54) is 6.92 Å². The molecule has 0 aliphatic carbocycles. The number of nitrogens with one attached hydrogen (secondary N) is 4. The van der Waals surface area contributed by atoms with E-state index in [1.807, 2.05) is 12.1 Å². The molecule has 12 N–H and O–H groups in total. The lowest BCUT2D eigenvalue weighted by Crippen LogP contribution is -2.60. The predicted molar refractivity (Wildman–Crippen MR) is 142 cm³/mol. The number of para-hydroxylation sites is 1. The van der Waals surface area contributed by atoms with Crippen molar-refractivity contribution in [2.24, 2.45) is 17.2 Å². The van der Waals surface area contributed by atoms with Crippen molar-refractivity contribution in [3.8, 4) is 0 Å². The number of nitrogens with two attached hydrogens (primary N) is 3.